The average Bonchev–Trinajstić information content (AvgIpc) is 2.12. The summed E-state index contributed by atoms with van der Waals surface area (Å²) >= 11 is 3.13. The summed E-state index contributed by atoms with van der Waals surface area (Å²) in [4.78, 5) is 11.2. The highest BCUT2D eigenvalue weighted by atomic mass is 79.9. The average molecular weight is 280 g/mol. The molecule has 15 heavy (non-hydrogen) atoms. The second-order valence-electron chi connectivity index (χ2n) is 2.76. The quantitative estimate of drug-likeness (QED) is 0.683. The van der Waals surface area contributed by atoms with Gasteiger partial charge in [0.15, 0.2) is 6.61 Å². The van der Waals surface area contributed by atoms with Gasteiger partial charge >= 0.3 is 5.97 Å². The highest BCUT2D eigenvalue weighted by Gasteiger charge is 2.11. The van der Waals surface area contributed by atoms with E-state index >= 15 is 0 Å². The standard InChI is InChI=1S/C9H8BrF2NO2/c10-6-1-5(2-7(13)3-6)9(14)15-4-8(11)12/h1-3,8H,4,13H2. The van der Waals surface area contributed by atoms with Crippen molar-refractivity contribution in [1.29, 1.82) is 0 Å². The summed E-state index contributed by atoms with van der Waals surface area (Å²) in [5.41, 5.74) is 5.96. The smallest absolute Gasteiger partial charge is 0.338 e. The topological polar surface area (TPSA) is 52.3 Å². The van der Waals surface area contributed by atoms with Crippen molar-refractivity contribution in [3.05, 3.63) is 28.2 Å². The number of hydrogen-bond acceptors (Lipinski definition) is 3. The van der Waals surface area contributed by atoms with E-state index in [1.54, 1.807) is 6.07 Å². The van der Waals surface area contributed by atoms with Crippen molar-refractivity contribution in [2.24, 2.45) is 0 Å². The van der Waals surface area contributed by atoms with Crippen LogP contribution < -0.4 is 5.73 Å². The first kappa shape index (κ1) is 11.9. The van der Waals surface area contributed by atoms with E-state index in [4.69, 9.17) is 5.73 Å². The lowest BCUT2D eigenvalue weighted by Gasteiger charge is -2.05. The van der Waals surface area contributed by atoms with Gasteiger partial charge in [0.1, 0.15) is 0 Å². The van der Waals surface area contributed by atoms with Crippen LogP contribution in [0.15, 0.2) is 22.7 Å². The molecule has 1 rings (SSSR count). The highest BCUT2D eigenvalue weighted by molar-refractivity contribution is 9.10. The van der Waals surface area contributed by atoms with Gasteiger partial charge in [0.05, 0.1) is 5.56 Å². The van der Waals surface area contributed by atoms with E-state index < -0.39 is 19.0 Å². The maximum absolute atomic E-state index is 11.8. The van der Waals surface area contributed by atoms with Crippen LogP contribution in [-0.4, -0.2) is 19.0 Å². The Labute approximate surface area is 93.3 Å². The van der Waals surface area contributed by atoms with E-state index in [1.807, 2.05) is 0 Å². The number of carbonyl (C=O) groups is 1. The van der Waals surface area contributed by atoms with E-state index in [-0.39, 0.29) is 5.56 Å². The molecule has 0 fully saturated rings. The van der Waals surface area contributed by atoms with Gasteiger partial charge in [0, 0.05) is 10.2 Å². The molecule has 1 aromatic carbocycles. The lowest BCUT2D eigenvalue weighted by molar-refractivity contribution is 0.0160. The van der Waals surface area contributed by atoms with Crippen LogP contribution in [0.3, 0.4) is 0 Å². The molecular formula is C9H8BrF2NO2. The zero-order valence-electron chi connectivity index (χ0n) is 7.54. The third-order valence-electron chi connectivity index (χ3n) is 1.50. The van der Waals surface area contributed by atoms with Gasteiger partial charge in [-0.3, -0.25) is 0 Å². The number of ether oxygens (including phenoxy) is 1. The van der Waals surface area contributed by atoms with Gasteiger partial charge in [-0.1, -0.05) is 15.9 Å². The summed E-state index contributed by atoms with van der Waals surface area (Å²) in [5, 5.41) is 0. The first-order chi connectivity index (χ1) is 6.99. The fraction of sp³-hybridized carbons (Fsp3) is 0.222. The lowest BCUT2D eigenvalue weighted by atomic mass is 10.2. The van der Waals surface area contributed by atoms with Gasteiger partial charge in [-0.15, -0.1) is 0 Å². The number of nitrogens with two attached hydrogens (primary N) is 1. The van der Waals surface area contributed by atoms with Crippen molar-refractivity contribution < 1.29 is 18.3 Å². The largest absolute Gasteiger partial charge is 0.456 e. The second-order valence-corrected chi connectivity index (χ2v) is 3.68. The maximum atomic E-state index is 11.8. The molecule has 0 unspecified atom stereocenters. The Balaban J connectivity index is 2.73. The number of alkyl halides is 2. The van der Waals surface area contributed by atoms with E-state index in [0.29, 0.717) is 10.2 Å². The summed E-state index contributed by atoms with van der Waals surface area (Å²) in [6.07, 6.45) is -2.67. The number of nitrogen functional groups attached to an aromatic ring is 1. The third-order valence-corrected chi connectivity index (χ3v) is 1.95. The van der Waals surface area contributed by atoms with E-state index in [1.165, 1.54) is 12.1 Å². The number of benzene rings is 1. The van der Waals surface area contributed by atoms with Crippen LogP contribution in [0, 0.1) is 0 Å². The van der Waals surface area contributed by atoms with Crippen molar-refractivity contribution in [3.63, 3.8) is 0 Å². The van der Waals surface area contributed by atoms with Crippen LogP contribution in [0.25, 0.3) is 0 Å². The summed E-state index contributed by atoms with van der Waals surface area (Å²) in [6.45, 7) is -0.911. The Morgan fingerprint density at radius 3 is 2.67 bits per heavy atom. The zero-order valence-corrected chi connectivity index (χ0v) is 9.13. The molecule has 0 saturated carbocycles. The van der Waals surface area contributed by atoms with Gasteiger partial charge in [-0.25, -0.2) is 13.6 Å². The fourth-order valence-corrected chi connectivity index (χ4v) is 1.46. The third kappa shape index (κ3) is 3.83. The Kier molecular flexibility index (Phi) is 4.02. The Morgan fingerprint density at radius 1 is 1.47 bits per heavy atom. The number of carbonyl (C=O) groups excluding carboxylic acids is 1. The van der Waals surface area contributed by atoms with Crippen LogP contribution in [0.5, 0.6) is 0 Å². The first-order valence-electron chi connectivity index (χ1n) is 4.00. The molecule has 3 nitrogen and oxygen atoms in total. The molecule has 0 saturated heterocycles. The Bertz CT molecular complexity index is 351. The van der Waals surface area contributed by atoms with Crippen LogP contribution in [0.4, 0.5) is 14.5 Å². The predicted molar refractivity (Wildman–Crippen MR) is 54.8 cm³/mol. The Morgan fingerprint density at radius 2 is 2.13 bits per heavy atom. The van der Waals surface area contributed by atoms with Crippen LogP contribution >= 0.6 is 15.9 Å². The molecular weight excluding hydrogens is 272 g/mol. The lowest BCUT2D eigenvalue weighted by Crippen LogP contribution is -2.11. The number of halogens is 3. The molecule has 2 N–H and O–H groups in total. The highest BCUT2D eigenvalue weighted by Crippen LogP contribution is 2.18. The van der Waals surface area contributed by atoms with Gasteiger partial charge in [-0.2, -0.15) is 0 Å². The van der Waals surface area contributed by atoms with Crippen molar-refractivity contribution in [1.82, 2.24) is 0 Å². The molecule has 0 aliphatic heterocycles. The normalized spacial score (nSPS) is 10.4. The predicted octanol–water partition coefficient (Wildman–Crippen LogP) is 2.45. The van der Waals surface area contributed by atoms with Gasteiger partial charge in [0.2, 0.25) is 0 Å². The Hall–Kier alpha value is -1.17. The SMILES string of the molecule is Nc1cc(Br)cc(C(=O)OCC(F)F)c1. The number of esters is 1. The first-order valence-corrected chi connectivity index (χ1v) is 4.79. The summed E-state index contributed by atoms with van der Waals surface area (Å²) in [6, 6.07) is 4.40. The summed E-state index contributed by atoms with van der Waals surface area (Å²) in [5.74, 6) is -0.816. The molecule has 0 heterocycles. The molecule has 1 aromatic rings. The van der Waals surface area contributed by atoms with Crippen molar-refractivity contribution in [2.75, 3.05) is 12.3 Å². The molecule has 0 radical (unpaired) electrons. The van der Waals surface area contributed by atoms with Crippen LogP contribution in [-0.2, 0) is 4.74 Å². The minimum absolute atomic E-state index is 0.141. The van der Waals surface area contributed by atoms with Crippen LogP contribution in [0.2, 0.25) is 0 Å². The molecule has 6 heteroatoms. The van der Waals surface area contributed by atoms with Gasteiger partial charge in [-0.05, 0) is 18.2 Å². The van der Waals surface area contributed by atoms with Crippen LogP contribution in [0.1, 0.15) is 10.4 Å². The molecule has 0 amide bonds. The number of anilines is 1. The van der Waals surface area contributed by atoms with Crippen molar-refractivity contribution in [2.45, 2.75) is 6.43 Å². The van der Waals surface area contributed by atoms with E-state index in [9.17, 15) is 13.6 Å². The molecule has 0 aliphatic carbocycles. The van der Waals surface area contributed by atoms with E-state index in [0.717, 1.165) is 0 Å². The summed E-state index contributed by atoms with van der Waals surface area (Å²) < 4.78 is 28.4. The maximum Gasteiger partial charge on any atom is 0.338 e. The number of hydrogen-bond donors (Lipinski definition) is 1. The molecule has 0 bridgehead atoms. The molecule has 0 aromatic heterocycles. The minimum Gasteiger partial charge on any atom is -0.456 e. The molecule has 82 valence electrons. The number of rotatable bonds is 3. The molecule has 0 spiro atoms. The van der Waals surface area contributed by atoms with E-state index in [2.05, 4.69) is 20.7 Å². The monoisotopic (exact) mass is 279 g/mol. The minimum atomic E-state index is -2.67. The van der Waals surface area contributed by atoms with Gasteiger partial charge < -0.3 is 10.5 Å². The van der Waals surface area contributed by atoms with Crippen molar-refractivity contribution >= 4 is 27.6 Å². The molecule has 0 aliphatic rings. The van der Waals surface area contributed by atoms with Gasteiger partial charge in [0.25, 0.3) is 6.43 Å². The second kappa shape index (κ2) is 5.06. The fourth-order valence-electron chi connectivity index (χ4n) is 0.952. The summed E-state index contributed by atoms with van der Waals surface area (Å²) in [7, 11) is 0. The van der Waals surface area contributed by atoms with Crippen molar-refractivity contribution in [3.8, 4) is 0 Å². The molecule has 0 atom stereocenters. The zero-order chi connectivity index (χ0) is 11.4.